The summed E-state index contributed by atoms with van der Waals surface area (Å²) in [5.41, 5.74) is 0.411. The maximum absolute atomic E-state index is 12.2. The lowest BCUT2D eigenvalue weighted by Gasteiger charge is -2.32. The molecule has 0 aromatic rings. The summed E-state index contributed by atoms with van der Waals surface area (Å²) in [7, 11) is 0. The van der Waals surface area contributed by atoms with Crippen LogP contribution in [0.1, 0.15) is 53.9 Å². The highest BCUT2D eigenvalue weighted by Gasteiger charge is 2.23. The smallest absolute Gasteiger partial charge is 0.407 e. The number of alkyl carbamates (subject to hydrolysis) is 1. The van der Waals surface area contributed by atoms with Crippen molar-refractivity contribution in [2.75, 3.05) is 19.6 Å². The van der Waals surface area contributed by atoms with Gasteiger partial charge in [0.05, 0.1) is 0 Å². The lowest BCUT2D eigenvalue weighted by molar-refractivity contribution is -0.132. The number of rotatable bonds is 5. The number of ether oxygens (including phenoxy) is 1. The first kappa shape index (κ1) is 21.0. The molecule has 0 radical (unpaired) electrons. The van der Waals surface area contributed by atoms with Crippen molar-refractivity contribution >= 4 is 17.9 Å². The van der Waals surface area contributed by atoms with Crippen LogP contribution in [0.2, 0.25) is 0 Å². The zero-order valence-corrected chi connectivity index (χ0v) is 16.0. The molecule has 142 valence electrons. The zero-order chi connectivity index (χ0) is 19.0. The van der Waals surface area contributed by atoms with Gasteiger partial charge in [-0.05, 0) is 47.5 Å². The zero-order valence-electron chi connectivity index (χ0n) is 16.0. The molecule has 1 heterocycles. The average Bonchev–Trinajstić information content (AvgIpc) is 2.45. The first-order valence-corrected chi connectivity index (χ1v) is 8.77. The Labute approximate surface area is 150 Å². The van der Waals surface area contributed by atoms with E-state index in [1.807, 2.05) is 13.8 Å². The fourth-order valence-electron chi connectivity index (χ4n) is 2.52. The molecule has 1 fully saturated rings. The number of carbonyl (C=O) groups is 3. The molecule has 0 aromatic carbocycles. The van der Waals surface area contributed by atoms with E-state index in [2.05, 4.69) is 10.6 Å². The third kappa shape index (κ3) is 9.12. The van der Waals surface area contributed by atoms with Gasteiger partial charge in [0.25, 0.3) is 0 Å². The average molecular weight is 353 g/mol. The Balaban J connectivity index is 2.26. The van der Waals surface area contributed by atoms with Gasteiger partial charge in [-0.3, -0.25) is 9.59 Å². The molecule has 3 amide bonds. The van der Waals surface area contributed by atoms with Gasteiger partial charge in [0.15, 0.2) is 0 Å². The predicted molar refractivity (Wildman–Crippen MR) is 96.0 cm³/mol. The first-order valence-electron chi connectivity index (χ1n) is 8.77. The number of likely N-dealkylation sites (tertiary alicyclic amines) is 1. The molecule has 0 aromatic heterocycles. The monoisotopic (exact) mass is 353 g/mol. The Hall–Kier alpha value is -2.05. The third-order valence-corrected chi connectivity index (χ3v) is 3.62. The minimum atomic E-state index is -0.550. The molecule has 0 spiro atoms. The molecular formula is C18H31N3O4. The van der Waals surface area contributed by atoms with Crippen molar-refractivity contribution in [2.24, 2.45) is 0 Å². The molecule has 7 heteroatoms. The standard InChI is InChI=1S/C18H31N3O4/c1-13(2)12-15(22)20-14-7-10-21(11-8-14)16(23)6-9-19-17(24)25-18(3,4)5/h12,14H,6-11H2,1-5H3,(H,19,24)(H,20,22). The van der Waals surface area contributed by atoms with Crippen molar-refractivity contribution in [3.05, 3.63) is 11.6 Å². The van der Waals surface area contributed by atoms with Crippen molar-refractivity contribution in [2.45, 2.75) is 65.5 Å². The number of amides is 3. The fourth-order valence-corrected chi connectivity index (χ4v) is 2.52. The van der Waals surface area contributed by atoms with Crippen molar-refractivity contribution in [3.8, 4) is 0 Å². The van der Waals surface area contributed by atoms with Gasteiger partial charge in [0.1, 0.15) is 5.60 Å². The largest absolute Gasteiger partial charge is 0.444 e. The van der Waals surface area contributed by atoms with Crippen molar-refractivity contribution in [1.29, 1.82) is 0 Å². The second-order valence-corrected chi connectivity index (χ2v) is 7.56. The second kappa shape index (κ2) is 9.44. The summed E-state index contributed by atoms with van der Waals surface area (Å²) >= 11 is 0. The van der Waals surface area contributed by atoms with Crippen LogP contribution >= 0.6 is 0 Å². The van der Waals surface area contributed by atoms with Gasteiger partial charge in [-0.2, -0.15) is 0 Å². The number of allylic oxidation sites excluding steroid dienone is 1. The normalized spacial score (nSPS) is 15.3. The molecule has 0 aliphatic carbocycles. The predicted octanol–water partition coefficient (Wildman–Crippen LogP) is 1.97. The molecule has 0 bridgehead atoms. The van der Waals surface area contributed by atoms with E-state index in [0.29, 0.717) is 13.1 Å². The fraction of sp³-hybridized carbons (Fsp3) is 0.722. The molecule has 0 atom stereocenters. The van der Waals surface area contributed by atoms with E-state index in [1.54, 1.807) is 31.7 Å². The van der Waals surface area contributed by atoms with Crippen LogP contribution in [0.5, 0.6) is 0 Å². The van der Waals surface area contributed by atoms with E-state index < -0.39 is 11.7 Å². The molecule has 1 saturated heterocycles. The summed E-state index contributed by atoms with van der Waals surface area (Å²) < 4.78 is 5.12. The second-order valence-electron chi connectivity index (χ2n) is 7.56. The Morgan fingerprint density at radius 2 is 1.76 bits per heavy atom. The molecule has 1 rings (SSSR count). The third-order valence-electron chi connectivity index (χ3n) is 3.62. The van der Waals surface area contributed by atoms with Crippen LogP contribution in [-0.2, 0) is 14.3 Å². The van der Waals surface area contributed by atoms with Crippen LogP contribution < -0.4 is 10.6 Å². The highest BCUT2D eigenvalue weighted by atomic mass is 16.6. The SMILES string of the molecule is CC(C)=CC(=O)NC1CCN(C(=O)CCNC(=O)OC(C)(C)C)CC1. The summed E-state index contributed by atoms with van der Waals surface area (Å²) in [5, 5.41) is 5.55. The summed E-state index contributed by atoms with van der Waals surface area (Å²) in [6, 6.07) is 0.104. The van der Waals surface area contributed by atoms with Crippen LogP contribution in [-0.4, -0.2) is 54.1 Å². The Morgan fingerprint density at radius 1 is 1.16 bits per heavy atom. The maximum atomic E-state index is 12.2. The molecule has 7 nitrogen and oxygen atoms in total. The number of hydrogen-bond donors (Lipinski definition) is 2. The quantitative estimate of drug-likeness (QED) is 0.740. The van der Waals surface area contributed by atoms with E-state index in [-0.39, 0.29) is 30.8 Å². The van der Waals surface area contributed by atoms with Crippen LogP contribution in [0, 0.1) is 0 Å². The minimum absolute atomic E-state index is 0.00475. The van der Waals surface area contributed by atoms with Crippen molar-refractivity contribution in [3.63, 3.8) is 0 Å². The van der Waals surface area contributed by atoms with E-state index in [1.165, 1.54) is 0 Å². The Kier molecular flexibility index (Phi) is 7.93. The molecule has 25 heavy (non-hydrogen) atoms. The Morgan fingerprint density at radius 3 is 2.28 bits per heavy atom. The summed E-state index contributed by atoms with van der Waals surface area (Å²) in [6.07, 6.45) is 2.80. The van der Waals surface area contributed by atoms with Crippen LogP contribution in [0.3, 0.4) is 0 Å². The molecule has 2 N–H and O–H groups in total. The van der Waals surface area contributed by atoms with E-state index in [4.69, 9.17) is 4.74 Å². The van der Waals surface area contributed by atoms with Gasteiger partial charge >= 0.3 is 6.09 Å². The Bertz CT molecular complexity index is 511. The number of nitrogens with one attached hydrogen (secondary N) is 2. The van der Waals surface area contributed by atoms with Crippen molar-refractivity contribution in [1.82, 2.24) is 15.5 Å². The van der Waals surface area contributed by atoms with Gasteiger partial charge in [-0.1, -0.05) is 5.57 Å². The van der Waals surface area contributed by atoms with Gasteiger partial charge in [0.2, 0.25) is 11.8 Å². The van der Waals surface area contributed by atoms with Crippen LogP contribution in [0.15, 0.2) is 11.6 Å². The number of piperidine rings is 1. The topological polar surface area (TPSA) is 87.7 Å². The number of carbonyl (C=O) groups excluding carboxylic acids is 3. The van der Waals surface area contributed by atoms with Crippen LogP contribution in [0.4, 0.5) is 4.79 Å². The molecular weight excluding hydrogens is 322 g/mol. The number of hydrogen-bond acceptors (Lipinski definition) is 4. The lowest BCUT2D eigenvalue weighted by atomic mass is 10.0. The summed E-state index contributed by atoms with van der Waals surface area (Å²) in [4.78, 5) is 37.2. The maximum Gasteiger partial charge on any atom is 0.407 e. The van der Waals surface area contributed by atoms with Gasteiger partial charge in [0, 0.05) is 38.2 Å². The molecule has 1 aliphatic rings. The first-order chi connectivity index (χ1) is 11.6. The van der Waals surface area contributed by atoms with E-state index >= 15 is 0 Å². The van der Waals surface area contributed by atoms with E-state index in [0.717, 1.165) is 18.4 Å². The van der Waals surface area contributed by atoms with Crippen LogP contribution in [0.25, 0.3) is 0 Å². The molecule has 1 aliphatic heterocycles. The lowest BCUT2D eigenvalue weighted by Crippen LogP contribution is -2.46. The van der Waals surface area contributed by atoms with E-state index in [9.17, 15) is 14.4 Å². The van der Waals surface area contributed by atoms with Gasteiger partial charge < -0.3 is 20.3 Å². The number of nitrogens with zero attached hydrogens (tertiary/aromatic N) is 1. The summed E-state index contributed by atoms with van der Waals surface area (Å²) in [6.45, 7) is 10.6. The summed E-state index contributed by atoms with van der Waals surface area (Å²) in [5.74, 6) is -0.0727. The van der Waals surface area contributed by atoms with Gasteiger partial charge in [-0.15, -0.1) is 0 Å². The highest BCUT2D eigenvalue weighted by molar-refractivity contribution is 5.88. The highest BCUT2D eigenvalue weighted by Crippen LogP contribution is 2.12. The van der Waals surface area contributed by atoms with Crippen molar-refractivity contribution < 1.29 is 19.1 Å². The minimum Gasteiger partial charge on any atom is -0.444 e. The molecule has 0 saturated carbocycles. The molecule has 0 unspecified atom stereocenters. The van der Waals surface area contributed by atoms with Gasteiger partial charge in [-0.25, -0.2) is 4.79 Å².